The van der Waals surface area contributed by atoms with E-state index in [9.17, 15) is 22.4 Å². The van der Waals surface area contributed by atoms with Gasteiger partial charge >= 0.3 is 0 Å². The van der Waals surface area contributed by atoms with Crippen molar-refractivity contribution in [2.24, 2.45) is 0 Å². The number of halogens is 2. The van der Waals surface area contributed by atoms with Gasteiger partial charge in [0.05, 0.1) is 11.9 Å². The van der Waals surface area contributed by atoms with Gasteiger partial charge in [-0.2, -0.15) is 0 Å². The lowest BCUT2D eigenvalue weighted by molar-refractivity contribution is -0.139. The van der Waals surface area contributed by atoms with E-state index in [1.165, 1.54) is 29.2 Å². The molecule has 0 saturated carbocycles. The smallest absolute Gasteiger partial charge is 0.244 e. The molecule has 0 aliphatic carbocycles. The third-order valence-electron chi connectivity index (χ3n) is 5.45. The number of nitrogens with one attached hydrogen (secondary N) is 1. The molecular weight excluding hydrogens is 481 g/mol. The summed E-state index contributed by atoms with van der Waals surface area (Å²) in [4.78, 5) is 27.5. The monoisotopic (exact) mass is 511 g/mol. The van der Waals surface area contributed by atoms with E-state index in [0.717, 1.165) is 23.4 Å². The van der Waals surface area contributed by atoms with Gasteiger partial charge in [-0.05, 0) is 55.7 Å². The molecule has 0 saturated heterocycles. The Labute approximate surface area is 205 Å². The summed E-state index contributed by atoms with van der Waals surface area (Å²) in [5.41, 5.74) is 1.40. The molecule has 0 heterocycles. The molecule has 0 bridgehead atoms. The first-order chi connectivity index (χ1) is 16.0. The first-order valence-electron chi connectivity index (χ1n) is 11.0. The van der Waals surface area contributed by atoms with Crippen LogP contribution in [0, 0.1) is 12.7 Å². The van der Waals surface area contributed by atoms with Gasteiger partial charge in [0.1, 0.15) is 18.4 Å². The van der Waals surface area contributed by atoms with Gasteiger partial charge < -0.3 is 10.2 Å². The molecule has 2 aromatic carbocycles. The minimum Gasteiger partial charge on any atom is -0.354 e. The molecule has 10 heteroatoms. The number of rotatable bonds is 11. The molecule has 2 aromatic rings. The number of benzene rings is 2. The standard InChI is InChI=1S/C24H31ClFN3O4S/c1-5-6-14-27-24(31)18(3)28(15-19-10-12-20(26)13-11-19)23(30)16-29(34(4,32)33)22-9-7-8-21(25)17(22)2/h7-13,18H,5-6,14-16H2,1-4H3,(H,27,31)/t18-/m0/s1. The summed E-state index contributed by atoms with van der Waals surface area (Å²) >= 11 is 6.18. The van der Waals surface area contributed by atoms with Crippen molar-refractivity contribution < 1.29 is 22.4 Å². The molecule has 2 amide bonds. The van der Waals surface area contributed by atoms with E-state index >= 15 is 0 Å². The molecule has 0 radical (unpaired) electrons. The van der Waals surface area contributed by atoms with Crippen LogP contribution in [-0.4, -0.2) is 50.5 Å². The molecule has 0 aliphatic rings. The van der Waals surface area contributed by atoms with Crippen molar-refractivity contribution in [1.29, 1.82) is 0 Å². The molecule has 7 nitrogen and oxygen atoms in total. The first-order valence-corrected chi connectivity index (χ1v) is 13.2. The first kappa shape index (κ1) is 27.6. The summed E-state index contributed by atoms with van der Waals surface area (Å²) in [5, 5.41) is 3.17. The highest BCUT2D eigenvalue weighted by Crippen LogP contribution is 2.28. The Morgan fingerprint density at radius 1 is 1.15 bits per heavy atom. The molecule has 1 N–H and O–H groups in total. The summed E-state index contributed by atoms with van der Waals surface area (Å²) in [7, 11) is -3.85. The average Bonchev–Trinajstić information content (AvgIpc) is 2.78. The number of nitrogens with zero attached hydrogens (tertiary/aromatic N) is 2. The maximum Gasteiger partial charge on any atom is 0.244 e. The van der Waals surface area contributed by atoms with Crippen LogP contribution < -0.4 is 9.62 Å². The molecular formula is C24H31ClFN3O4S. The van der Waals surface area contributed by atoms with Gasteiger partial charge in [-0.25, -0.2) is 12.8 Å². The van der Waals surface area contributed by atoms with Gasteiger partial charge in [-0.1, -0.05) is 43.1 Å². The molecule has 2 rings (SSSR count). The molecule has 1 atom stereocenters. The van der Waals surface area contributed by atoms with Crippen LogP contribution in [0.15, 0.2) is 42.5 Å². The summed E-state index contributed by atoms with van der Waals surface area (Å²) < 4.78 is 39.6. The second-order valence-electron chi connectivity index (χ2n) is 8.12. The zero-order valence-electron chi connectivity index (χ0n) is 19.8. The largest absolute Gasteiger partial charge is 0.354 e. The van der Waals surface area contributed by atoms with E-state index in [-0.39, 0.29) is 18.1 Å². The number of anilines is 1. The van der Waals surface area contributed by atoms with Crippen molar-refractivity contribution >= 4 is 39.1 Å². The van der Waals surface area contributed by atoms with Crippen LogP contribution in [0.4, 0.5) is 10.1 Å². The fraction of sp³-hybridized carbons (Fsp3) is 0.417. The van der Waals surface area contributed by atoms with Crippen LogP contribution >= 0.6 is 11.6 Å². The van der Waals surface area contributed by atoms with Gasteiger partial charge in [-0.3, -0.25) is 13.9 Å². The molecule has 34 heavy (non-hydrogen) atoms. The van der Waals surface area contributed by atoms with Crippen molar-refractivity contribution in [3.63, 3.8) is 0 Å². The molecule has 0 fully saturated rings. The van der Waals surface area contributed by atoms with E-state index in [0.29, 0.717) is 22.7 Å². The second-order valence-corrected chi connectivity index (χ2v) is 10.4. The molecule has 0 unspecified atom stereocenters. The van der Waals surface area contributed by atoms with Crippen molar-refractivity contribution in [1.82, 2.24) is 10.2 Å². The fourth-order valence-electron chi connectivity index (χ4n) is 3.37. The quantitative estimate of drug-likeness (QED) is 0.464. The van der Waals surface area contributed by atoms with Gasteiger partial charge in [0.25, 0.3) is 0 Å². The summed E-state index contributed by atoms with van der Waals surface area (Å²) in [6, 6.07) is 9.50. The SMILES string of the molecule is CCCCNC(=O)[C@H](C)N(Cc1ccc(F)cc1)C(=O)CN(c1cccc(Cl)c1C)S(C)(=O)=O. The number of hydrogen-bond donors (Lipinski definition) is 1. The van der Waals surface area contributed by atoms with Crippen LogP contribution in [0.25, 0.3) is 0 Å². The summed E-state index contributed by atoms with van der Waals surface area (Å²) in [5.74, 6) is -1.35. The predicted molar refractivity (Wildman–Crippen MR) is 133 cm³/mol. The number of unbranched alkanes of at least 4 members (excludes halogenated alkanes) is 1. The average molecular weight is 512 g/mol. The van der Waals surface area contributed by atoms with E-state index in [4.69, 9.17) is 11.6 Å². The summed E-state index contributed by atoms with van der Waals surface area (Å²) in [6.07, 6.45) is 2.70. The van der Waals surface area contributed by atoms with Gasteiger partial charge in [0, 0.05) is 18.1 Å². The summed E-state index contributed by atoms with van der Waals surface area (Å²) in [6.45, 7) is 5.20. The lowest BCUT2D eigenvalue weighted by atomic mass is 10.1. The van der Waals surface area contributed by atoms with E-state index in [2.05, 4.69) is 5.32 Å². The van der Waals surface area contributed by atoms with Gasteiger partial charge in [-0.15, -0.1) is 0 Å². The highest BCUT2D eigenvalue weighted by molar-refractivity contribution is 7.92. The molecule has 186 valence electrons. The Kier molecular flexibility index (Phi) is 9.88. The number of carbonyl (C=O) groups excluding carboxylic acids is 2. The Balaban J connectivity index is 2.38. The Morgan fingerprint density at radius 3 is 2.38 bits per heavy atom. The molecule has 0 aromatic heterocycles. The Bertz CT molecular complexity index is 1110. The number of carbonyl (C=O) groups is 2. The highest BCUT2D eigenvalue weighted by Gasteiger charge is 2.30. The van der Waals surface area contributed by atoms with Crippen LogP contribution in [0.5, 0.6) is 0 Å². The van der Waals surface area contributed by atoms with Gasteiger partial charge in [0.2, 0.25) is 21.8 Å². The maximum atomic E-state index is 13.4. The van der Waals surface area contributed by atoms with Crippen molar-refractivity contribution in [2.45, 2.75) is 46.2 Å². The third-order valence-corrected chi connectivity index (χ3v) is 6.99. The second kappa shape index (κ2) is 12.2. The number of amides is 2. The lowest BCUT2D eigenvalue weighted by Gasteiger charge is -2.32. The Morgan fingerprint density at radius 2 is 1.79 bits per heavy atom. The predicted octanol–water partition coefficient (Wildman–Crippen LogP) is 3.89. The number of hydrogen-bond acceptors (Lipinski definition) is 4. The topological polar surface area (TPSA) is 86.8 Å². The zero-order valence-corrected chi connectivity index (χ0v) is 21.4. The fourth-order valence-corrected chi connectivity index (χ4v) is 4.44. The molecule has 0 spiro atoms. The van der Waals surface area contributed by atoms with E-state index < -0.39 is 34.3 Å². The van der Waals surface area contributed by atoms with Crippen LogP contribution in [0.1, 0.15) is 37.8 Å². The normalized spacial score (nSPS) is 12.2. The third kappa shape index (κ3) is 7.43. The number of sulfonamides is 1. The Hall–Kier alpha value is -2.65. The maximum absolute atomic E-state index is 13.4. The van der Waals surface area contributed by atoms with Crippen molar-refractivity contribution in [3.05, 3.63) is 64.4 Å². The minimum atomic E-state index is -3.85. The zero-order chi connectivity index (χ0) is 25.5. The van der Waals surface area contributed by atoms with E-state index in [1.807, 2.05) is 6.92 Å². The minimum absolute atomic E-state index is 0.00755. The van der Waals surface area contributed by atoms with Crippen LogP contribution in [0.3, 0.4) is 0 Å². The van der Waals surface area contributed by atoms with Crippen molar-refractivity contribution in [3.8, 4) is 0 Å². The van der Waals surface area contributed by atoms with Crippen LogP contribution in [0.2, 0.25) is 5.02 Å². The highest BCUT2D eigenvalue weighted by atomic mass is 35.5. The van der Waals surface area contributed by atoms with Crippen LogP contribution in [-0.2, 0) is 26.2 Å². The van der Waals surface area contributed by atoms with E-state index in [1.54, 1.807) is 32.0 Å². The van der Waals surface area contributed by atoms with Crippen molar-refractivity contribution in [2.75, 3.05) is 23.7 Å². The molecule has 0 aliphatic heterocycles. The lowest BCUT2D eigenvalue weighted by Crippen LogP contribution is -2.51. The van der Waals surface area contributed by atoms with Gasteiger partial charge in [0.15, 0.2) is 0 Å².